The summed E-state index contributed by atoms with van der Waals surface area (Å²) in [6.45, 7) is 11.4. The van der Waals surface area contributed by atoms with E-state index in [1.165, 1.54) is 6.42 Å². The molecule has 2 aliphatic heterocycles. The van der Waals surface area contributed by atoms with Gasteiger partial charge in [-0.3, -0.25) is 9.69 Å². The molecule has 0 spiro atoms. The van der Waals surface area contributed by atoms with Crippen molar-refractivity contribution in [2.24, 2.45) is 11.8 Å². The van der Waals surface area contributed by atoms with Crippen molar-refractivity contribution in [3.8, 4) is 0 Å². The third-order valence-electron chi connectivity index (χ3n) is 5.14. The third kappa shape index (κ3) is 3.95. The lowest BCUT2D eigenvalue weighted by Gasteiger charge is -2.40. The zero-order chi connectivity index (χ0) is 14.8. The van der Waals surface area contributed by atoms with Crippen LogP contribution >= 0.6 is 0 Å². The molecule has 4 heteroatoms. The minimum absolute atomic E-state index is 0.258. The smallest absolute Gasteiger partial charge is 0.236 e. The fraction of sp³-hybridized carbons (Fsp3) is 0.938. The zero-order valence-electron chi connectivity index (χ0n) is 13.6. The predicted octanol–water partition coefficient (Wildman–Crippen LogP) is 1.56. The Labute approximate surface area is 123 Å². The van der Waals surface area contributed by atoms with Crippen LogP contribution in [0.1, 0.15) is 40.0 Å². The van der Waals surface area contributed by atoms with Crippen LogP contribution < -0.4 is 5.32 Å². The van der Waals surface area contributed by atoms with E-state index in [-0.39, 0.29) is 5.54 Å². The topological polar surface area (TPSA) is 35.6 Å². The van der Waals surface area contributed by atoms with Gasteiger partial charge in [-0.05, 0) is 45.1 Å². The lowest BCUT2D eigenvalue weighted by Crippen LogP contribution is -2.53. The Balaban J connectivity index is 1.80. The maximum absolute atomic E-state index is 12.5. The highest BCUT2D eigenvalue weighted by molar-refractivity contribution is 5.78. The van der Waals surface area contributed by atoms with Gasteiger partial charge >= 0.3 is 0 Å². The monoisotopic (exact) mass is 281 g/mol. The van der Waals surface area contributed by atoms with E-state index >= 15 is 0 Å². The van der Waals surface area contributed by atoms with Gasteiger partial charge in [0.25, 0.3) is 0 Å². The molecular formula is C16H31N3O. The molecule has 2 fully saturated rings. The molecule has 0 bridgehead atoms. The van der Waals surface area contributed by atoms with Crippen molar-refractivity contribution in [2.45, 2.75) is 45.6 Å². The van der Waals surface area contributed by atoms with Crippen LogP contribution in [0.2, 0.25) is 0 Å². The van der Waals surface area contributed by atoms with Crippen molar-refractivity contribution in [3.05, 3.63) is 0 Å². The molecule has 1 amide bonds. The molecule has 0 aromatic rings. The van der Waals surface area contributed by atoms with Gasteiger partial charge in [0.15, 0.2) is 0 Å². The van der Waals surface area contributed by atoms with Crippen molar-refractivity contribution in [2.75, 3.05) is 39.8 Å². The Morgan fingerprint density at radius 3 is 2.25 bits per heavy atom. The van der Waals surface area contributed by atoms with Gasteiger partial charge in [-0.1, -0.05) is 13.8 Å². The number of carbonyl (C=O) groups is 1. The quantitative estimate of drug-likeness (QED) is 0.853. The second-order valence-electron chi connectivity index (χ2n) is 7.33. The van der Waals surface area contributed by atoms with Crippen molar-refractivity contribution in [1.29, 1.82) is 0 Å². The number of amides is 1. The van der Waals surface area contributed by atoms with E-state index in [0.29, 0.717) is 24.3 Å². The first-order chi connectivity index (χ1) is 9.42. The minimum Gasteiger partial charge on any atom is -0.341 e. The SMILES string of the molecule is CNC1(C)CCN(CC(=O)N2CC(C)CC(C)C2)CC1. The Hall–Kier alpha value is -0.610. The van der Waals surface area contributed by atoms with E-state index in [1.54, 1.807) is 0 Å². The molecule has 0 aliphatic carbocycles. The van der Waals surface area contributed by atoms with Crippen LogP contribution in [0, 0.1) is 11.8 Å². The van der Waals surface area contributed by atoms with E-state index in [0.717, 1.165) is 39.0 Å². The van der Waals surface area contributed by atoms with E-state index in [2.05, 4.69) is 35.9 Å². The van der Waals surface area contributed by atoms with Crippen LogP contribution in [-0.4, -0.2) is 61.0 Å². The van der Waals surface area contributed by atoms with Crippen LogP contribution in [-0.2, 0) is 4.79 Å². The second-order valence-corrected chi connectivity index (χ2v) is 7.33. The highest BCUT2D eigenvalue weighted by Gasteiger charge is 2.31. The number of likely N-dealkylation sites (tertiary alicyclic amines) is 2. The van der Waals surface area contributed by atoms with Gasteiger partial charge in [0.05, 0.1) is 6.54 Å². The summed E-state index contributed by atoms with van der Waals surface area (Å²) in [5.41, 5.74) is 0.258. The number of nitrogens with one attached hydrogen (secondary N) is 1. The maximum Gasteiger partial charge on any atom is 0.236 e. The van der Waals surface area contributed by atoms with E-state index < -0.39 is 0 Å². The lowest BCUT2D eigenvalue weighted by molar-refractivity contribution is -0.135. The number of piperidine rings is 2. The van der Waals surface area contributed by atoms with Crippen LogP contribution in [0.25, 0.3) is 0 Å². The van der Waals surface area contributed by atoms with Crippen molar-refractivity contribution < 1.29 is 4.79 Å². The van der Waals surface area contributed by atoms with Crippen molar-refractivity contribution in [3.63, 3.8) is 0 Å². The third-order valence-corrected chi connectivity index (χ3v) is 5.14. The molecule has 2 atom stereocenters. The van der Waals surface area contributed by atoms with Crippen molar-refractivity contribution >= 4 is 5.91 Å². The Morgan fingerprint density at radius 2 is 1.75 bits per heavy atom. The fourth-order valence-corrected chi connectivity index (χ4v) is 3.61. The second kappa shape index (κ2) is 6.44. The maximum atomic E-state index is 12.5. The number of rotatable bonds is 3. The highest BCUT2D eigenvalue weighted by atomic mass is 16.2. The lowest BCUT2D eigenvalue weighted by atomic mass is 9.89. The normalized spacial score (nSPS) is 31.3. The van der Waals surface area contributed by atoms with E-state index in [1.807, 2.05) is 7.05 Å². The predicted molar refractivity (Wildman–Crippen MR) is 82.7 cm³/mol. The summed E-state index contributed by atoms with van der Waals surface area (Å²) in [4.78, 5) is 16.9. The summed E-state index contributed by atoms with van der Waals surface area (Å²) in [6.07, 6.45) is 3.52. The molecule has 0 aromatic heterocycles. The molecule has 1 N–H and O–H groups in total. The van der Waals surface area contributed by atoms with E-state index in [4.69, 9.17) is 0 Å². The Kier molecular flexibility index (Phi) is 5.08. The molecule has 2 rings (SSSR count). The first-order valence-corrected chi connectivity index (χ1v) is 8.11. The molecule has 0 aromatic carbocycles. The van der Waals surface area contributed by atoms with E-state index in [9.17, 15) is 4.79 Å². The molecule has 2 saturated heterocycles. The highest BCUT2D eigenvalue weighted by Crippen LogP contribution is 2.23. The number of carbonyl (C=O) groups excluding carboxylic acids is 1. The zero-order valence-corrected chi connectivity index (χ0v) is 13.6. The summed E-state index contributed by atoms with van der Waals surface area (Å²) in [7, 11) is 2.04. The molecule has 2 unspecified atom stereocenters. The standard InChI is InChI=1S/C16H31N3O/c1-13-9-14(2)11-19(10-13)15(20)12-18-7-5-16(3,17-4)6-8-18/h13-14,17H,5-12H2,1-4H3. The van der Waals surface area contributed by atoms with Crippen molar-refractivity contribution in [1.82, 2.24) is 15.1 Å². The van der Waals surface area contributed by atoms with Gasteiger partial charge in [-0.15, -0.1) is 0 Å². The summed E-state index contributed by atoms with van der Waals surface area (Å²) in [5.74, 6) is 1.63. The molecule has 0 saturated carbocycles. The van der Waals surface area contributed by atoms with Crippen LogP contribution in [0.5, 0.6) is 0 Å². The molecule has 2 aliphatic rings. The summed E-state index contributed by atoms with van der Waals surface area (Å²) in [5, 5.41) is 3.41. The van der Waals surface area contributed by atoms with Crippen LogP contribution in [0.15, 0.2) is 0 Å². The van der Waals surface area contributed by atoms with Gasteiger partial charge in [0.2, 0.25) is 5.91 Å². The summed E-state index contributed by atoms with van der Waals surface area (Å²) >= 11 is 0. The first kappa shape index (κ1) is 15.8. The number of nitrogens with zero attached hydrogens (tertiary/aromatic N) is 2. The van der Waals surface area contributed by atoms with Gasteiger partial charge in [0.1, 0.15) is 0 Å². The molecule has 116 valence electrons. The Bertz CT molecular complexity index is 327. The van der Waals surface area contributed by atoms with Gasteiger partial charge in [-0.25, -0.2) is 0 Å². The van der Waals surface area contributed by atoms with Gasteiger partial charge in [-0.2, -0.15) is 0 Å². The first-order valence-electron chi connectivity index (χ1n) is 8.11. The number of hydrogen-bond donors (Lipinski definition) is 1. The van der Waals surface area contributed by atoms with Crippen LogP contribution in [0.4, 0.5) is 0 Å². The van der Waals surface area contributed by atoms with Gasteiger partial charge < -0.3 is 10.2 Å². The Morgan fingerprint density at radius 1 is 1.20 bits per heavy atom. The summed E-state index contributed by atoms with van der Waals surface area (Å²) in [6, 6.07) is 0. The molecular weight excluding hydrogens is 250 g/mol. The average molecular weight is 281 g/mol. The average Bonchev–Trinajstić information content (AvgIpc) is 2.40. The fourth-order valence-electron chi connectivity index (χ4n) is 3.61. The number of hydrogen-bond acceptors (Lipinski definition) is 3. The summed E-state index contributed by atoms with van der Waals surface area (Å²) < 4.78 is 0. The molecule has 0 radical (unpaired) electrons. The molecule has 4 nitrogen and oxygen atoms in total. The molecule has 20 heavy (non-hydrogen) atoms. The van der Waals surface area contributed by atoms with Gasteiger partial charge in [0, 0.05) is 31.7 Å². The molecule has 2 heterocycles. The van der Waals surface area contributed by atoms with Crippen LogP contribution in [0.3, 0.4) is 0 Å². The largest absolute Gasteiger partial charge is 0.341 e. The minimum atomic E-state index is 0.258.